The molecular weight excluding hydrogens is 273 g/mol. The molecule has 0 saturated heterocycles. The topological polar surface area (TPSA) is 20.3 Å². The summed E-state index contributed by atoms with van der Waals surface area (Å²) in [5.41, 5.74) is 0. The van der Waals surface area contributed by atoms with Gasteiger partial charge in [-0.25, -0.2) is 4.39 Å². The maximum Gasteiger partial charge on any atom is 0.233 e. The van der Waals surface area contributed by atoms with Crippen LogP contribution in [-0.2, 0) is 4.79 Å². The smallest absolute Gasteiger partial charge is 0.233 e. The van der Waals surface area contributed by atoms with E-state index in [4.69, 9.17) is 0 Å². The molecule has 1 aromatic carbocycles. The van der Waals surface area contributed by atoms with E-state index in [-0.39, 0.29) is 11.7 Å². The van der Waals surface area contributed by atoms with Crippen molar-refractivity contribution in [2.45, 2.75) is 55.5 Å². The quantitative estimate of drug-likeness (QED) is 0.769. The van der Waals surface area contributed by atoms with Crippen LogP contribution in [-0.4, -0.2) is 28.6 Å². The first-order valence-corrected chi connectivity index (χ1v) is 8.42. The molecule has 3 rings (SSSR count). The third kappa shape index (κ3) is 3.35. The van der Waals surface area contributed by atoms with Crippen molar-refractivity contribution in [3.63, 3.8) is 0 Å². The Hall–Kier alpha value is -1.03. The third-order valence-electron chi connectivity index (χ3n) is 4.12. The summed E-state index contributed by atoms with van der Waals surface area (Å²) in [5.74, 6) is 0.499. The highest BCUT2D eigenvalue weighted by Gasteiger charge is 2.37. The van der Waals surface area contributed by atoms with Crippen LogP contribution in [0.1, 0.15) is 38.5 Å². The van der Waals surface area contributed by atoms with Crippen LogP contribution in [0.2, 0.25) is 0 Å². The van der Waals surface area contributed by atoms with Crippen molar-refractivity contribution in [2.75, 3.05) is 5.75 Å². The minimum atomic E-state index is -0.230. The molecule has 0 atom stereocenters. The first kappa shape index (κ1) is 13.9. The van der Waals surface area contributed by atoms with Gasteiger partial charge in [-0.3, -0.25) is 4.79 Å². The lowest BCUT2D eigenvalue weighted by atomic mass is 10.2. The maximum absolute atomic E-state index is 12.8. The van der Waals surface area contributed by atoms with Gasteiger partial charge in [0.1, 0.15) is 5.82 Å². The van der Waals surface area contributed by atoms with Crippen molar-refractivity contribution in [3.8, 4) is 0 Å². The molecule has 0 bridgehead atoms. The Bertz CT molecular complexity index is 466. The van der Waals surface area contributed by atoms with Gasteiger partial charge in [0.05, 0.1) is 5.75 Å². The molecule has 1 aromatic rings. The van der Waals surface area contributed by atoms with E-state index >= 15 is 0 Å². The average molecular weight is 293 g/mol. The monoisotopic (exact) mass is 293 g/mol. The number of amides is 1. The zero-order valence-corrected chi connectivity index (χ0v) is 12.4. The summed E-state index contributed by atoms with van der Waals surface area (Å²) < 4.78 is 12.8. The molecule has 2 fully saturated rings. The van der Waals surface area contributed by atoms with Gasteiger partial charge in [0.15, 0.2) is 0 Å². The molecule has 2 saturated carbocycles. The number of rotatable bonds is 5. The van der Waals surface area contributed by atoms with Gasteiger partial charge in [0, 0.05) is 17.0 Å². The Morgan fingerprint density at radius 2 is 1.70 bits per heavy atom. The Labute approximate surface area is 123 Å². The molecule has 0 aromatic heterocycles. The van der Waals surface area contributed by atoms with Crippen LogP contribution in [0.25, 0.3) is 0 Å². The standard InChI is InChI=1S/C16H20FNOS/c17-12-5-9-15(10-6-12)20-11-16(19)18(14-7-8-14)13-3-1-2-4-13/h5-6,9-10,13-14H,1-4,7-8,11H2. The Balaban J connectivity index is 1.57. The van der Waals surface area contributed by atoms with Crippen LogP contribution in [0.4, 0.5) is 4.39 Å². The van der Waals surface area contributed by atoms with Crippen molar-refractivity contribution >= 4 is 17.7 Å². The summed E-state index contributed by atoms with van der Waals surface area (Å²) >= 11 is 1.51. The second-order valence-electron chi connectivity index (χ2n) is 5.71. The number of hydrogen-bond donors (Lipinski definition) is 0. The average Bonchev–Trinajstić information content (AvgIpc) is 3.13. The number of carbonyl (C=O) groups is 1. The fraction of sp³-hybridized carbons (Fsp3) is 0.562. The lowest BCUT2D eigenvalue weighted by Crippen LogP contribution is -2.41. The molecule has 4 heteroatoms. The molecule has 0 N–H and O–H groups in total. The normalized spacial score (nSPS) is 19.2. The molecule has 2 aliphatic rings. The lowest BCUT2D eigenvalue weighted by Gasteiger charge is -2.29. The highest BCUT2D eigenvalue weighted by atomic mass is 32.2. The van der Waals surface area contributed by atoms with E-state index in [0.717, 1.165) is 4.90 Å². The summed E-state index contributed by atoms with van der Waals surface area (Å²) in [7, 11) is 0. The van der Waals surface area contributed by atoms with Gasteiger partial charge in [-0.15, -0.1) is 11.8 Å². The van der Waals surface area contributed by atoms with Crippen LogP contribution in [0, 0.1) is 5.82 Å². The number of hydrogen-bond acceptors (Lipinski definition) is 2. The number of thioether (sulfide) groups is 1. The van der Waals surface area contributed by atoms with Crippen molar-refractivity contribution < 1.29 is 9.18 Å². The van der Waals surface area contributed by atoms with Gasteiger partial charge >= 0.3 is 0 Å². The second-order valence-corrected chi connectivity index (χ2v) is 6.76. The number of carbonyl (C=O) groups excluding carboxylic acids is 1. The molecule has 2 aliphatic carbocycles. The predicted octanol–water partition coefficient (Wildman–Crippen LogP) is 3.85. The molecule has 2 nitrogen and oxygen atoms in total. The number of halogens is 1. The van der Waals surface area contributed by atoms with Crippen LogP contribution >= 0.6 is 11.8 Å². The van der Waals surface area contributed by atoms with Crippen LogP contribution < -0.4 is 0 Å². The van der Waals surface area contributed by atoms with E-state index < -0.39 is 0 Å². The predicted molar refractivity (Wildman–Crippen MR) is 79.2 cm³/mol. The molecule has 0 unspecified atom stereocenters. The summed E-state index contributed by atoms with van der Waals surface area (Å²) in [6.45, 7) is 0. The number of nitrogens with zero attached hydrogens (tertiary/aromatic N) is 1. The summed E-state index contributed by atoms with van der Waals surface area (Å²) in [6, 6.07) is 7.35. The lowest BCUT2D eigenvalue weighted by molar-refractivity contribution is -0.131. The van der Waals surface area contributed by atoms with Gasteiger partial charge in [-0.1, -0.05) is 12.8 Å². The van der Waals surface area contributed by atoms with Gasteiger partial charge in [0.25, 0.3) is 0 Å². The van der Waals surface area contributed by atoms with E-state index in [1.54, 1.807) is 12.1 Å². The zero-order valence-electron chi connectivity index (χ0n) is 11.6. The molecule has 0 spiro atoms. The van der Waals surface area contributed by atoms with Crippen LogP contribution in [0.3, 0.4) is 0 Å². The molecule has 20 heavy (non-hydrogen) atoms. The Morgan fingerprint density at radius 1 is 1.10 bits per heavy atom. The number of benzene rings is 1. The highest BCUT2D eigenvalue weighted by molar-refractivity contribution is 8.00. The zero-order chi connectivity index (χ0) is 13.9. The fourth-order valence-electron chi connectivity index (χ4n) is 2.99. The van der Waals surface area contributed by atoms with E-state index in [9.17, 15) is 9.18 Å². The third-order valence-corrected chi connectivity index (χ3v) is 5.12. The Morgan fingerprint density at radius 3 is 2.30 bits per heavy atom. The van der Waals surface area contributed by atoms with E-state index in [2.05, 4.69) is 4.90 Å². The maximum atomic E-state index is 12.8. The van der Waals surface area contributed by atoms with Crippen molar-refractivity contribution in [1.82, 2.24) is 4.90 Å². The largest absolute Gasteiger partial charge is 0.336 e. The van der Waals surface area contributed by atoms with Crippen LogP contribution in [0.15, 0.2) is 29.2 Å². The first-order chi connectivity index (χ1) is 9.74. The van der Waals surface area contributed by atoms with Crippen LogP contribution in [0.5, 0.6) is 0 Å². The van der Waals surface area contributed by atoms with E-state index in [1.807, 2.05) is 0 Å². The summed E-state index contributed by atoms with van der Waals surface area (Å²) in [4.78, 5) is 15.6. The Kier molecular flexibility index (Phi) is 4.29. The fourth-order valence-corrected chi connectivity index (χ4v) is 3.76. The summed E-state index contributed by atoms with van der Waals surface area (Å²) in [6.07, 6.45) is 7.19. The molecular formula is C16H20FNOS. The molecule has 0 aliphatic heterocycles. The van der Waals surface area contributed by atoms with Crippen molar-refractivity contribution in [1.29, 1.82) is 0 Å². The SMILES string of the molecule is O=C(CSc1ccc(F)cc1)N(C1CCCC1)C1CC1. The van der Waals surface area contributed by atoms with E-state index in [1.165, 1.54) is 62.4 Å². The van der Waals surface area contributed by atoms with Gasteiger partial charge in [-0.05, 0) is 49.9 Å². The molecule has 0 radical (unpaired) electrons. The second kappa shape index (κ2) is 6.17. The van der Waals surface area contributed by atoms with Crippen molar-refractivity contribution in [2.24, 2.45) is 0 Å². The van der Waals surface area contributed by atoms with Gasteiger partial charge < -0.3 is 4.90 Å². The van der Waals surface area contributed by atoms with E-state index in [0.29, 0.717) is 17.8 Å². The molecule has 0 heterocycles. The van der Waals surface area contributed by atoms with Crippen molar-refractivity contribution in [3.05, 3.63) is 30.1 Å². The van der Waals surface area contributed by atoms with Gasteiger partial charge in [-0.2, -0.15) is 0 Å². The first-order valence-electron chi connectivity index (χ1n) is 7.43. The molecule has 1 amide bonds. The highest BCUT2D eigenvalue weighted by Crippen LogP contribution is 2.35. The van der Waals surface area contributed by atoms with Gasteiger partial charge in [0.2, 0.25) is 5.91 Å². The minimum Gasteiger partial charge on any atom is -0.336 e. The molecule has 108 valence electrons. The minimum absolute atomic E-state index is 0.230. The summed E-state index contributed by atoms with van der Waals surface area (Å²) in [5, 5.41) is 0.